The number of rotatable bonds is 11. The van der Waals surface area contributed by atoms with E-state index in [2.05, 4.69) is 9.80 Å². The Morgan fingerprint density at radius 3 is 2.38 bits per heavy atom. The number of carboxylic acids is 1. The topological polar surface area (TPSA) is 43.8 Å². The van der Waals surface area contributed by atoms with Crippen molar-refractivity contribution in [2.24, 2.45) is 17.8 Å². The number of hydrogen-bond donors (Lipinski definition) is 1. The van der Waals surface area contributed by atoms with Crippen LogP contribution in [0.15, 0.2) is 42.5 Å². The maximum Gasteiger partial charge on any atom is 0.320 e. The van der Waals surface area contributed by atoms with Crippen molar-refractivity contribution in [2.45, 2.75) is 69.7 Å². The van der Waals surface area contributed by atoms with Gasteiger partial charge in [0.25, 0.3) is 0 Å². The van der Waals surface area contributed by atoms with Crippen LogP contribution in [0, 0.1) is 35.2 Å². The van der Waals surface area contributed by atoms with Gasteiger partial charge >= 0.3 is 5.97 Å². The lowest BCUT2D eigenvalue weighted by atomic mass is 9.80. The van der Waals surface area contributed by atoms with Crippen LogP contribution >= 0.6 is 0 Å². The van der Waals surface area contributed by atoms with Crippen molar-refractivity contribution in [1.29, 1.82) is 0 Å². The Balaban J connectivity index is 1.16. The minimum absolute atomic E-state index is 0.118. The first kappa shape index (κ1) is 28.2. The molecule has 2 heterocycles. The van der Waals surface area contributed by atoms with E-state index in [0.717, 1.165) is 76.3 Å². The van der Waals surface area contributed by atoms with Crippen molar-refractivity contribution >= 4 is 5.97 Å². The Morgan fingerprint density at radius 2 is 1.72 bits per heavy atom. The highest BCUT2D eigenvalue weighted by Crippen LogP contribution is 2.38. The highest BCUT2D eigenvalue weighted by Gasteiger charge is 2.41. The summed E-state index contributed by atoms with van der Waals surface area (Å²) in [6.45, 7) is 4.27. The fourth-order valence-corrected chi connectivity index (χ4v) is 7.00. The number of halogens is 3. The Labute approximate surface area is 230 Å². The lowest BCUT2D eigenvalue weighted by Crippen LogP contribution is -2.43. The smallest absolute Gasteiger partial charge is 0.320 e. The number of likely N-dealkylation sites (tertiary alicyclic amines) is 2. The molecule has 4 nitrogen and oxygen atoms in total. The first-order valence-electron chi connectivity index (χ1n) is 14.7. The van der Waals surface area contributed by atoms with Gasteiger partial charge in [0.2, 0.25) is 0 Å². The molecule has 0 bridgehead atoms. The highest BCUT2D eigenvalue weighted by molar-refractivity contribution is 5.73. The van der Waals surface area contributed by atoms with Crippen LogP contribution in [0.1, 0.15) is 68.4 Å². The minimum Gasteiger partial charge on any atom is -0.480 e. The molecule has 3 unspecified atom stereocenters. The van der Waals surface area contributed by atoms with Crippen molar-refractivity contribution in [3.8, 4) is 0 Å². The zero-order valence-electron chi connectivity index (χ0n) is 22.7. The average Bonchev–Trinajstić information content (AvgIpc) is 3.28. The van der Waals surface area contributed by atoms with Crippen LogP contribution in [-0.4, -0.2) is 59.6 Å². The van der Waals surface area contributed by atoms with Crippen molar-refractivity contribution in [3.05, 3.63) is 71.0 Å². The summed E-state index contributed by atoms with van der Waals surface area (Å²) in [7, 11) is 0. The molecule has 3 atom stereocenters. The number of benzene rings is 2. The molecule has 3 fully saturated rings. The van der Waals surface area contributed by atoms with Crippen LogP contribution in [0.4, 0.5) is 13.2 Å². The van der Waals surface area contributed by atoms with Gasteiger partial charge in [-0.15, -0.1) is 0 Å². The molecule has 0 amide bonds. The third-order valence-corrected chi connectivity index (χ3v) is 9.53. The second-order valence-electron chi connectivity index (χ2n) is 12.1. The van der Waals surface area contributed by atoms with E-state index in [-0.39, 0.29) is 17.7 Å². The van der Waals surface area contributed by atoms with E-state index in [1.54, 1.807) is 18.2 Å². The van der Waals surface area contributed by atoms with E-state index < -0.39 is 23.6 Å². The molecular formula is C32H41F3N2O2. The lowest BCUT2D eigenvalue weighted by molar-refractivity contribution is -0.144. The van der Waals surface area contributed by atoms with Crippen LogP contribution < -0.4 is 0 Å². The summed E-state index contributed by atoms with van der Waals surface area (Å²) >= 11 is 0. The third kappa shape index (κ3) is 7.23. The van der Waals surface area contributed by atoms with Crippen molar-refractivity contribution in [3.63, 3.8) is 0 Å². The van der Waals surface area contributed by atoms with Crippen LogP contribution in [0.5, 0.6) is 0 Å². The number of aryl methyl sites for hydroxylation is 1. The molecule has 5 rings (SSSR count). The van der Waals surface area contributed by atoms with Gasteiger partial charge in [0.05, 0.1) is 0 Å². The number of nitrogens with zero attached hydrogens (tertiary/aromatic N) is 2. The largest absolute Gasteiger partial charge is 0.480 e. The van der Waals surface area contributed by atoms with Gasteiger partial charge in [0, 0.05) is 31.6 Å². The Kier molecular flexibility index (Phi) is 9.28. The van der Waals surface area contributed by atoms with Gasteiger partial charge in [-0.1, -0.05) is 43.9 Å². The number of aliphatic carboxylic acids is 1. The van der Waals surface area contributed by atoms with Gasteiger partial charge in [-0.05, 0) is 92.3 Å². The molecule has 2 saturated heterocycles. The monoisotopic (exact) mass is 542 g/mol. The van der Waals surface area contributed by atoms with E-state index in [1.165, 1.54) is 18.6 Å². The molecule has 2 aromatic rings. The summed E-state index contributed by atoms with van der Waals surface area (Å²) in [5, 5.41) is 10.1. The number of carboxylic acid groups (broad SMARTS) is 1. The molecule has 0 radical (unpaired) electrons. The predicted octanol–water partition coefficient (Wildman–Crippen LogP) is 6.50. The number of hydrogen-bond acceptors (Lipinski definition) is 3. The molecule has 1 saturated carbocycles. The summed E-state index contributed by atoms with van der Waals surface area (Å²) in [5.41, 5.74) is 1.55. The molecule has 2 aliphatic heterocycles. The minimum atomic E-state index is -0.734. The van der Waals surface area contributed by atoms with Crippen molar-refractivity contribution in [2.75, 3.05) is 32.7 Å². The van der Waals surface area contributed by atoms with Crippen LogP contribution in [-0.2, 0) is 11.2 Å². The maximum atomic E-state index is 14.2. The zero-order chi connectivity index (χ0) is 27.4. The van der Waals surface area contributed by atoms with Crippen molar-refractivity contribution in [1.82, 2.24) is 9.80 Å². The van der Waals surface area contributed by atoms with E-state index in [4.69, 9.17) is 0 Å². The van der Waals surface area contributed by atoms with Gasteiger partial charge < -0.3 is 10.0 Å². The van der Waals surface area contributed by atoms with E-state index >= 15 is 0 Å². The summed E-state index contributed by atoms with van der Waals surface area (Å²) in [5.74, 6) is -0.483. The molecule has 0 aromatic heterocycles. The molecular weight excluding hydrogens is 501 g/mol. The van der Waals surface area contributed by atoms with Gasteiger partial charge in [0.1, 0.15) is 23.5 Å². The second kappa shape index (κ2) is 12.9. The lowest BCUT2D eigenvalue weighted by Gasteiger charge is -2.35. The number of carbonyl (C=O) groups is 1. The molecule has 39 heavy (non-hydrogen) atoms. The fraction of sp³-hybridized carbons (Fsp3) is 0.594. The normalized spacial score (nSPS) is 24.1. The first-order chi connectivity index (χ1) is 18.9. The van der Waals surface area contributed by atoms with Gasteiger partial charge in [-0.3, -0.25) is 9.69 Å². The Bertz CT molecular complexity index is 1120. The van der Waals surface area contributed by atoms with Crippen LogP contribution in [0.2, 0.25) is 0 Å². The molecule has 212 valence electrons. The standard InChI is InChI=1S/C32H41F3N2O2/c33-27-9-3-8-25(17-27)29-21-37(31(32(38)39)16-23-5-1-6-23)20-26(29)19-36-14-12-22(13-15-36)4-2-7-24-10-11-28(34)18-30(24)35/h3,8-11,17-18,22-23,26,29,31H,1-2,4-7,12-16,19-21H2,(H,38,39). The predicted molar refractivity (Wildman–Crippen MR) is 146 cm³/mol. The summed E-state index contributed by atoms with van der Waals surface area (Å²) in [6, 6.07) is 10.2. The summed E-state index contributed by atoms with van der Waals surface area (Å²) in [6.07, 6.45) is 8.91. The second-order valence-corrected chi connectivity index (χ2v) is 12.1. The zero-order valence-corrected chi connectivity index (χ0v) is 22.7. The van der Waals surface area contributed by atoms with Crippen LogP contribution in [0.25, 0.3) is 0 Å². The summed E-state index contributed by atoms with van der Waals surface area (Å²) < 4.78 is 41.2. The Morgan fingerprint density at radius 1 is 0.949 bits per heavy atom. The highest BCUT2D eigenvalue weighted by atomic mass is 19.1. The van der Waals surface area contributed by atoms with Gasteiger partial charge in [-0.25, -0.2) is 13.2 Å². The maximum absolute atomic E-state index is 14.2. The quantitative estimate of drug-likeness (QED) is 0.352. The molecule has 2 aromatic carbocycles. The molecule has 7 heteroatoms. The van der Waals surface area contributed by atoms with Gasteiger partial charge in [0.15, 0.2) is 0 Å². The molecule has 3 aliphatic rings. The first-order valence-corrected chi connectivity index (χ1v) is 14.7. The Hall–Kier alpha value is -2.38. The fourth-order valence-electron chi connectivity index (χ4n) is 7.00. The van der Waals surface area contributed by atoms with Gasteiger partial charge in [-0.2, -0.15) is 0 Å². The average molecular weight is 543 g/mol. The van der Waals surface area contributed by atoms with Crippen LogP contribution in [0.3, 0.4) is 0 Å². The molecule has 1 aliphatic carbocycles. The SMILES string of the molecule is O=C(O)C(CC1CCC1)N1CC(CN2CCC(CCCc3ccc(F)cc3F)CC2)C(c2cccc(F)c2)C1. The van der Waals surface area contributed by atoms with E-state index in [9.17, 15) is 23.1 Å². The summed E-state index contributed by atoms with van der Waals surface area (Å²) in [4.78, 5) is 16.9. The van der Waals surface area contributed by atoms with E-state index in [1.807, 2.05) is 6.07 Å². The number of piperidine rings is 1. The van der Waals surface area contributed by atoms with Crippen molar-refractivity contribution < 1.29 is 23.1 Å². The molecule has 1 N–H and O–H groups in total. The molecule has 0 spiro atoms. The third-order valence-electron chi connectivity index (χ3n) is 9.53. The van der Waals surface area contributed by atoms with E-state index in [0.29, 0.717) is 36.8 Å².